The SMILES string of the molecule is CCCCCCCCCCNCCN[C@@]1(C)C[C@H](O[C@H]2[C@H](Oc3c4cc5cc3Oc3ccc(cc3Cl)[C@@H](O)[C@@H]3NC(=O)[C@H](NC(=O)[C@@H]5NC(=O)[C@H](CC(N)=O)NC(=O)C(NC(=O)[C@@H](CC(C)C)NC)[C@H](O)c5ccc(c(Cl)c5)O4)c4ccc(O)c(c4)-c4c(cc(O)c(CNCP(=O)(O)O)c4O)[C@@H](C(=O)O)NC3=O)O[C@H](CO)C(O)[C@@H]2O)O[C@@H](C)[C@H]1O. The van der Waals surface area contributed by atoms with Crippen molar-refractivity contribution in [2.24, 2.45) is 11.7 Å². The number of fused-ring (bicyclic) bond motifs is 15. The highest BCUT2D eigenvalue weighted by Gasteiger charge is 2.52. The minimum Gasteiger partial charge on any atom is -0.507 e. The number of hydrogen-bond donors (Lipinski definition) is 23. The second-order valence-corrected chi connectivity index (χ2v) is 33.7. The summed E-state index contributed by atoms with van der Waals surface area (Å²) in [7, 11) is -3.38. The summed E-state index contributed by atoms with van der Waals surface area (Å²) in [5, 5.41) is 144. The van der Waals surface area contributed by atoms with Crippen LogP contribution in [0.5, 0.6) is 46.0 Å². The quantitative estimate of drug-likeness (QED) is 0.0232. The van der Waals surface area contributed by atoms with E-state index in [0.29, 0.717) is 13.1 Å². The van der Waals surface area contributed by atoms with Gasteiger partial charge in [0.15, 0.2) is 29.9 Å². The van der Waals surface area contributed by atoms with Crippen LogP contribution < -0.4 is 73.1 Å². The van der Waals surface area contributed by atoms with E-state index >= 15 is 24.0 Å². The first-order valence-electron chi connectivity index (χ1n) is 39.7. The van der Waals surface area contributed by atoms with Crippen molar-refractivity contribution in [1.29, 1.82) is 0 Å². The van der Waals surface area contributed by atoms with Gasteiger partial charge in [-0.15, -0.1) is 0 Å². The Bertz CT molecular complexity index is 4650. The number of carbonyl (C=O) groups is 8. The van der Waals surface area contributed by atoms with Gasteiger partial charge in [-0.3, -0.25) is 38.1 Å². The number of amides is 7. The molecule has 5 aromatic rings. The average Bonchev–Trinajstić information content (AvgIpc) is 0.839. The van der Waals surface area contributed by atoms with Gasteiger partial charge in [0.25, 0.3) is 0 Å². The smallest absolute Gasteiger partial charge is 0.339 e. The highest BCUT2D eigenvalue weighted by Crippen LogP contribution is 2.51. The Morgan fingerprint density at radius 1 is 0.694 bits per heavy atom. The summed E-state index contributed by atoms with van der Waals surface area (Å²) in [6.07, 6.45) is -10.6. The molecule has 121 heavy (non-hydrogen) atoms. The number of aliphatic carboxylic acids is 1. The van der Waals surface area contributed by atoms with Crippen molar-refractivity contribution in [3.8, 4) is 57.1 Å². The Morgan fingerprint density at radius 3 is 1.91 bits per heavy atom. The number of hydrogen-bond acceptors (Lipinski definition) is 28. The molecule has 2 saturated heterocycles. The van der Waals surface area contributed by atoms with E-state index < -0.39 is 269 Å². The number of carboxylic acids is 1. The molecule has 12 rings (SSSR count). The van der Waals surface area contributed by atoms with Crippen LogP contribution in [0.1, 0.15) is 169 Å². The largest absolute Gasteiger partial charge is 0.507 e. The van der Waals surface area contributed by atoms with Gasteiger partial charge in [0.2, 0.25) is 53.4 Å². The molecule has 18 atom stereocenters. The molecular weight excluding hydrogens is 1650 g/mol. The fourth-order valence-electron chi connectivity index (χ4n) is 15.2. The van der Waals surface area contributed by atoms with E-state index in [1.165, 1.54) is 51.3 Å². The first-order valence-corrected chi connectivity index (χ1v) is 42.3. The maximum Gasteiger partial charge on any atom is 0.339 e. The molecule has 11 bridgehead atoms. The van der Waals surface area contributed by atoms with Crippen LogP contribution in [0.3, 0.4) is 0 Å². The molecule has 2 unspecified atom stereocenters. The van der Waals surface area contributed by atoms with Gasteiger partial charge in [0.05, 0.1) is 53.2 Å². The van der Waals surface area contributed by atoms with Gasteiger partial charge in [0, 0.05) is 48.3 Å². The van der Waals surface area contributed by atoms with Gasteiger partial charge >= 0.3 is 13.6 Å². The fraction of sp³-hybridized carbons (Fsp3) is 0.525. The number of phenolic OH excluding ortho intramolecular Hbond substituents is 3. The Balaban J connectivity index is 1.17. The van der Waals surface area contributed by atoms with Gasteiger partial charge in [-0.25, -0.2) is 4.79 Å². The number of primary amides is 1. The van der Waals surface area contributed by atoms with E-state index in [4.69, 9.17) is 57.4 Å². The maximum atomic E-state index is 16.3. The van der Waals surface area contributed by atoms with Crippen LogP contribution in [-0.2, 0) is 63.7 Å². The standard InChI is InChI=1S/C80H106Cl2N11O27P/c1-7-8-9-10-11-12-13-14-21-85-22-23-87-80(5)32-57(115-37(4)71(80)103)119-70-68(102)67(101)55(34-94)118-79(70)120-69-53-28-41-29-54(69)117-52-20-17-40(27-46(52)82)65(99)63-77(109)91-61(78(110)111)43-30-50(96)44(33-86-35-121(112,113)114)66(100)58(43)42-25-38(15-18-49(42)95)59(74(106)93-63)90-75(107)60(41)89-73(105)48(31-56(83)97)88-76(108)62(92-72(104)47(84-6)24-36(2)3)64(98)39-16-19-51(116-53)45(81)26-39/h15-20,25-30,36-37,47-48,55,57,59-65,67-68,70-71,79,84-87,94-96,98-103H,7-14,21-24,31-35H2,1-6H3,(H2,83,97)(H,88,108)(H,89,105)(H,90,107)(H,91,109)(H,92,104)(H,93,106)(H,110,111)(H2,112,113,114)/t37-,47+,48-,55+,57-,59+,60+,61-,62?,63-,64+,65+,67?,68-,70+,71+,79-,80-/m0/s1. The molecule has 7 aliphatic heterocycles. The molecule has 662 valence electrons. The van der Waals surface area contributed by atoms with Crippen LogP contribution in [0, 0.1) is 5.92 Å². The van der Waals surface area contributed by atoms with Crippen molar-refractivity contribution in [3.63, 3.8) is 0 Å². The number of likely N-dealkylation sites (N-methyl/N-ethyl adjacent to an activating group) is 1. The number of nitrogens with one attached hydrogen (secondary N) is 10. The first-order chi connectivity index (χ1) is 57.3. The van der Waals surface area contributed by atoms with Crippen molar-refractivity contribution < 1.29 is 132 Å². The number of nitrogens with two attached hydrogens (primary N) is 1. The van der Waals surface area contributed by atoms with Crippen molar-refractivity contribution >= 4 is 78.1 Å². The van der Waals surface area contributed by atoms with E-state index in [9.17, 15) is 79.8 Å². The molecule has 41 heteroatoms. The highest BCUT2D eigenvalue weighted by atomic mass is 35.5. The fourth-order valence-corrected chi connectivity index (χ4v) is 16.0. The second-order valence-electron chi connectivity index (χ2n) is 31.3. The summed E-state index contributed by atoms with van der Waals surface area (Å²) in [5.41, 5.74) is 0.545. The number of aliphatic hydroxyl groups excluding tert-OH is 6. The number of carboxylic acid groups (broad SMARTS) is 1. The Hall–Kier alpha value is -9.13. The van der Waals surface area contributed by atoms with Crippen LogP contribution in [-0.4, -0.2) is 227 Å². The number of aromatic hydroxyl groups is 3. The maximum absolute atomic E-state index is 16.3. The summed E-state index contributed by atoms with van der Waals surface area (Å²) < 4.78 is 51.4. The average molecular weight is 1760 g/mol. The summed E-state index contributed by atoms with van der Waals surface area (Å²) in [5.74, 6) is -17.1. The predicted molar refractivity (Wildman–Crippen MR) is 432 cm³/mol. The Kier molecular flexibility index (Phi) is 32.2. The molecular formula is C80H106Cl2N11O27P. The van der Waals surface area contributed by atoms with Gasteiger partial charge in [0.1, 0.15) is 89.5 Å². The van der Waals surface area contributed by atoms with Crippen LogP contribution in [0.2, 0.25) is 10.0 Å². The number of benzene rings is 5. The number of carbonyl (C=O) groups excluding carboxylic acids is 7. The second kappa shape index (κ2) is 41.4. The lowest BCUT2D eigenvalue weighted by Crippen LogP contribution is -2.65. The van der Waals surface area contributed by atoms with Crippen LogP contribution in [0.15, 0.2) is 72.8 Å². The third-order valence-corrected chi connectivity index (χ3v) is 22.9. The molecule has 7 aliphatic rings. The molecule has 5 aromatic carbocycles. The first kappa shape index (κ1) is 94.1. The molecule has 0 radical (unpaired) electrons. The molecule has 24 N–H and O–H groups in total. The molecule has 7 heterocycles. The summed E-state index contributed by atoms with van der Waals surface area (Å²) >= 11 is 14.3. The lowest BCUT2D eigenvalue weighted by Gasteiger charge is -2.48. The molecule has 0 aromatic heterocycles. The van der Waals surface area contributed by atoms with E-state index in [1.54, 1.807) is 13.8 Å². The molecule has 0 aliphatic carbocycles. The Labute approximate surface area is 705 Å². The predicted octanol–water partition coefficient (Wildman–Crippen LogP) is 2.69. The monoisotopic (exact) mass is 1750 g/mol. The molecule has 0 spiro atoms. The number of ether oxygens (including phenoxy) is 6. The van der Waals surface area contributed by atoms with Crippen LogP contribution >= 0.6 is 30.8 Å². The minimum atomic E-state index is -4.85. The zero-order valence-electron chi connectivity index (χ0n) is 67.1. The van der Waals surface area contributed by atoms with E-state index in [-0.39, 0.29) is 40.7 Å². The number of phenols is 3. The molecule has 38 nitrogen and oxygen atoms in total. The van der Waals surface area contributed by atoms with Crippen molar-refractivity contribution in [1.82, 2.24) is 53.2 Å². The van der Waals surface area contributed by atoms with E-state index in [0.717, 1.165) is 86.5 Å². The highest BCUT2D eigenvalue weighted by molar-refractivity contribution is 7.51. The minimum absolute atomic E-state index is 0.123. The molecule has 2 fully saturated rings. The number of unbranched alkanes of at least 4 members (excludes halogenated alkanes) is 7. The zero-order chi connectivity index (χ0) is 88.2. The number of halogens is 2. The number of rotatable bonds is 30. The summed E-state index contributed by atoms with van der Waals surface area (Å²) in [6.45, 7) is 8.98. The van der Waals surface area contributed by atoms with Crippen LogP contribution in [0.4, 0.5) is 0 Å². The van der Waals surface area contributed by atoms with Gasteiger partial charge in [-0.1, -0.05) is 107 Å². The van der Waals surface area contributed by atoms with Gasteiger partial charge in [-0.05, 0) is 123 Å². The third kappa shape index (κ3) is 23.0. The summed E-state index contributed by atoms with van der Waals surface area (Å²) in [6, 6.07) is -2.39. The van der Waals surface area contributed by atoms with Gasteiger partial charge < -0.3 is 148 Å². The molecule has 0 saturated carbocycles. The third-order valence-electron chi connectivity index (χ3n) is 21.7. The van der Waals surface area contributed by atoms with Crippen LogP contribution in [0.25, 0.3) is 11.1 Å². The lowest BCUT2D eigenvalue weighted by atomic mass is 9.85. The van der Waals surface area contributed by atoms with Gasteiger partial charge in [-0.2, -0.15) is 0 Å². The topological polar surface area (TPSA) is 598 Å². The van der Waals surface area contributed by atoms with Crippen molar-refractivity contribution in [2.75, 3.05) is 39.6 Å². The normalized spacial score (nSPS) is 26.7. The lowest BCUT2D eigenvalue weighted by molar-refractivity contribution is -0.334. The van der Waals surface area contributed by atoms with Crippen molar-refractivity contribution in [2.45, 2.75) is 221 Å². The zero-order valence-corrected chi connectivity index (χ0v) is 69.5. The van der Waals surface area contributed by atoms with Crippen molar-refractivity contribution in [3.05, 3.63) is 116 Å². The Morgan fingerprint density at radius 2 is 1.31 bits per heavy atom. The van der Waals surface area contributed by atoms with E-state index in [2.05, 4.69) is 60.1 Å². The number of aliphatic hydroxyl groups is 6. The molecule has 7 amide bonds. The van der Waals surface area contributed by atoms with E-state index in [1.807, 2.05) is 13.8 Å². The summed E-state index contributed by atoms with van der Waals surface area (Å²) in [4.78, 5) is 138.